The third-order valence-electron chi connectivity index (χ3n) is 6.58. The van der Waals surface area contributed by atoms with Crippen LogP contribution < -0.4 is 5.73 Å². The molecule has 0 radical (unpaired) electrons. The minimum Gasteiger partial charge on any atom is -0.481 e. The number of carboxylic acids is 1. The van der Waals surface area contributed by atoms with E-state index in [1.165, 1.54) is 31.6 Å². The molecule has 1 saturated heterocycles. The molecule has 5 amide bonds. The molecule has 1 aliphatic rings. The fourth-order valence-corrected chi connectivity index (χ4v) is 3.55. The molecule has 1 aliphatic heterocycles. The first-order chi connectivity index (χ1) is 28.6. The number of thiocarbonyl (C=S) groups is 2. The lowest BCUT2D eigenvalue weighted by molar-refractivity contribution is -0.157. The number of aliphatic imine (C=N–C) groups is 1. The van der Waals surface area contributed by atoms with Gasteiger partial charge in [-0.2, -0.15) is 0 Å². The van der Waals surface area contributed by atoms with Crippen molar-refractivity contribution in [3.05, 3.63) is 0 Å². The SMILES string of the molecule is CC(C)(C)OC(=O)CCC(=O)O.CCCC(=O)OC.CN(C)C(=O)CCC(=O)OC(C)(C)C.CN(C)C(=O)CN.CN(C)C(=O)CN1C(=O)CN(C)C1=S.CN(C)C(=O)CN=C=S. The van der Waals surface area contributed by atoms with Gasteiger partial charge in [0.15, 0.2) is 5.11 Å². The molecule has 0 spiro atoms. The van der Waals surface area contributed by atoms with Gasteiger partial charge in [-0.3, -0.25) is 48.1 Å². The van der Waals surface area contributed by atoms with E-state index in [1.54, 1.807) is 110 Å². The predicted octanol–water partition coefficient (Wildman–Crippen LogP) is 1.69. The summed E-state index contributed by atoms with van der Waals surface area (Å²) in [6, 6.07) is 0. The van der Waals surface area contributed by atoms with Gasteiger partial charge in [-0.25, -0.2) is 4.99 Å². The number of nitrogens with zero attached hydrogens (tertiary/aromatic N) is 7. The highest BCUT2D eigenvalue weighted by atomic mass is 32.1. The van der Waals surface area contributed by atoms with E-state index < -0.39 is 23.1 Å². The van der Waals surface area contributed by atoms with E-state index in [4.69, 9.17) is 32.5 Å². The van der Waals surface area contributed by atoms with Crippen molar-refractivity contribution in [2.45, 2.75) is 98.2 Å². The fraction of sp³-hybridized carbons (Fsp3) is 0.725. The van der Waals surface area contributed by atoms with E-state index in [1.807, 2.05) is 6.92 Å². The Morgan fingerprint density at radius 3 is 1.38 bits per heavy atom. The molecular weight excluding hydrogens is 865 g/mol. The Balaban J connectivity index is -0.000000218. The molecule has 21 nitrogen and oxygen atoms in total. The Hall–Kier alpha value is -5.12. The normalized spacial score (nSPS) is 11.1. The van der Waals surface area contributed by atoms with Crippen LogP contribution in [0.5, 0.6) is 0 Å². The highest BCUT2D eigenvalue weighted by Gasteiger charge is 2.31. The number of likely N-dealkylation sites (N-methyl/N-ethyl adjacent to an activating group) is 4. The zero-order valence-electron chi connectivity index (χ0n) is 40.4. The van der Waals surface area contributed by atoms with E-state index in [0.29, 0.717) is 11.5 Å². The third kappa shape index (κ3) is 44.7. The van der Waals surface area contributed by atoms with Crippen LogP contribution in [0.25, 0.3) is 0 Å². The van der Waals surface area contributed by atoms with Crippen LogP contribution in [0.4, 0.5) is 0 Å². The number of aliphatic carboxylic acids is 1. The van der Waals surface area contributed by atoms with Crippen molar-refractivity contribution in [3.8, 4) is 0 Å². The van der Waals surface area contributed by atoms with E-state index in [-0.39, 0.29) is 93.3 Å². The molecule has 0 aromatic heterocycles. The van der Waals surface area contributed by atoms with Gasteiger partial charge in [0.05, 0.1) is 44.6 Å². The number of methoxy groups -OCH3 is 1. The van der Waals surface area contributed by atoms with Crippen molar-refractivity contribution in [3.63, 3.8) is 0 Å². The molecule has 0 aliphatic carbocycles. The van der Waals surface area contributed by atoms with Gasteiger partial charge in [-0.05, 0) is 72.4 Å². The van der Waals surface area contributed by atoms with Gasteiger partial charge in [0, 0.05) is 76.3 Å². The van der Waals surface area contributed by atoms with Crippen molar-refractivity contribution in [1.29, 1.82) is 0 Å². The van der Waals surface area contributed by atoms with E-state index in [0.717, 1.165) is 6.42 Å². The molecule has 0 saturated carbocycles. The molecule has 1 heterocycles. The lowest BCUT2D eigenvalue weighted by Crippen LogP contribution is -2.40. The molecular formula is C40H74N8O13S2. The van der Waals surface area contributed by atoms with Gasteiger partial charge in [0.1, 0.15) is 24.3 Å². The van der Waals surface area contributed by atoms with Gasteiger partial charge >= 0.3 is 23.9 Å². The first-order valence-electron chi connectivity index (χ1n) is 19.5. The Kier molecular flexibility index (Phi) is 38.7. The summed E-state index contributed by atoms with van der Waals surface area (Å²) in [5.41, 5.74) is 3.98. The molecule has 364 valence electrons. The number of carbonyl (C=O) groups is 9. The number of carbonyl (C=O) groups excluding carboxylic acids is 8. The summed E-state index contributed by atoms with van der Waals surface area (Å²) in [5.74, 6) is -2.31. The smallest absolute Gasteiger partial charge is 0.306 e. The summed E-state index contributed by atoms with van der Waals surface area (Å²) in [7, 11) is 16.4. The number of ether oxygens (including phenoxy) is 3. The second kappa shape index (κ2) is 36.4. The van der Waals surface area contributed by atoms with Crippen LogP contribution in [0.1, 0.15) is 87.0 Å². The molecule has 0 unspecified atom stereocenters. The minimum atomic E-state index is -0.985. The molecule has 3 N–H and O–H groups in total. The zero-order chi connectivity index (χ0) is 50.8. The van der Waals surface area contributed by atoms with Crippen molar-refractivity contribution in [1.82, 2.24) is 29.4 Å². The topological polar surface area (TPSA) is 259 Å². The first-order valence-corrected chi connectivity index (χ1v) is 20.3. The predicted molar refractivity (Wildman–Crippen MR) is 245 cm³/mol. The Morgan fingerprint density at radius 1 is 0.714 bits per heavy atom. The van der Waals surface area contributed by atoms with E-state index in [2.05, 4.69) is 27.1 Å². The fourth-order valence-electron chi connectivity index (χ4n) is 3.26. The first kappa shape index (κ1) is 67.0. The van der Waals surface area contributed by atoms with Gasteiger partial charge in [-0.1, -0.05) is 6.92 Å². The number of amides is 5. The number of hydrogen-bond donors (Lipinski definition) is 2. The van der Waals surface area contributed by atoms with Crippen LogP contribution in [0, 0.1) is 0 Å². The average Bonchev–Trinajstić information content (AvgIpc) is 3.39. The van der Waals surface area contributed by atoms with Gasteiger partial charge < -0.3 is 49.6 Å². The maximum absolute atomic E-state index is 11.4. The van der Waals surface area contributed by atoms with Crippen LogP contribution in [0.15, 0.2) is 4.99 Å². The Morgan fingerprint density at radius 2 is 1.13 bits per heavy atom. The molecule has 1 rings (SSSR count). The maximum atomic E-state index is 11.4. The molecule has 0 aromatic carbocycles. The number of isothiocyanates is 1. The second-order valence-corrected chi connectivity index (χ2v) is 16.3. The number of carboxylic acid groups (broad SMARTS) is 1. The summed E-state index contributed by atoms with van der Waals surface area (Å²) in [4.78, 5) is 109. The largest absolute Gasteiger partial charge is 0.481 e. The monoisotopic (exact) mass is 938 g/mol. The molecule has 0 aromatic rings. The molecule has 0 atom stereocenters. The summed E-state index contributed by atoms with van der Waals surface area (Å²) in [5, 5.41) is 10.8. The molecule has 1 fully saturated rings. The van der Waals surface area contributed by atoms with Crippen LogP contribution in [-0.2, 0) is 57.4 Å². The minimum absolute atomic E-state index is 0.0367. The van der Waals surface area contributed by atoms with Crippen molar-refractivity contribution in [2.75, 3.05) is 96.7 Å². The Bertz CT molecular complexity index is 1520. The summed E-state index contributed by atoms with van der Waals surface area (Å²) < 4.78 is 14.3. The standard InChI is InChI=1S/C10H19NO3.C8H13N3O2S.C8H14O4.C5H8N2OS.C5H10O2.C4H10N2O/c1-10(2,3)14-9(13)7-6-8(12)11(4)5;1-9(2)6(12)5-11-7(13)4-10(3)8(11)14;1-8(2,3)12-7(11)5-4-6(9)10;1-7(2)5(8)3-6-4-9;1-3-4-5(6)7-2;1-6(2)4(7)3-5/h6-7H2,1-5H3;4-5H2,1-3H3;4-5H2,1-3H3,(H,9,10);3H2,1-2H3;3-4H2,1-2H3;3,5H2,1-2H3. The highest BCUT2D eigenvalue weighted by molar-refractivity contribution is 7.80. The molecule has 0 bridgehead atoms. The summed E-state index contributed by atoms with van der Waals surface area (Å²) in [6.07, 6.45) is 1.53. The Labute approximate surface area is 384 Å². The molecule has 63 heavy (non-hydrogen) atoms. The van der Waals surface area contributed by atoms with Crippen molar-refractivity contribution in [2.24, 2.45) is 10.7 Å². The second-order valence-electron chi connectivity index (χ2n) is 15.8. The molecule has 23 heteroatoms. The summed E-state index contributed by atoms with van der Waals surface area (Å²) >= 11 is 9.27. The van der Waals surface area contributed by atoms with Crippen molar-refractivity contribution < 1.29 is 62.5 Å². The maximum Gasteiger partial charge on any atom is 0.306 e. The van der Waals surface area contributed by atoms with Gasteiger partial charge in [-0.15, -0.1) is 0 Å². The van der Waals surface area contributed by atoms with Crippen molar-refractivity contribution >= 4 is 88.1 Å². The van der Waals surface area contributed by atoms with Gasteiger partial charge in [0.2, 0.25) is 29.5 Å². The lowest BCUT2D eigenvalue weighted by Gasteiger charge is -2.19. The quantitative estimate of drug-likeness (QED) is 0.115. The van der Waals surface area contributed by atoms with E-state index >= 15 is 0 Å². The summed E-state index contributed by atoms with van der Waals surface area (Å²) in [6.45, 7) is 13.1. The zero-order valence-corrected chi connectivity index (χ0v) is 42.1. The van der Waals surface area contributed by atoms with E-state index in [9.17, 15) is 43.2 Å². The van der Waals surface area contributed by atoms with Gasteiger partial charge in [0.25, 0.3) is 0 Å². The third-order valence-corrected chi connectivity index (χ3v) is 7.24. The van der Waals surface area contributed by atoms with Crippen LogP contribution in [-0.4, -0.2) is 206 Å². The number of hydrogen-bond acceptors (Lipinski definition) is 16. The number of rotatable bonds is 13. The number of esters is 3. The van der Waals surface area contributed by atoms with Crippen LogP contribution >= 0.6 is 24.4 Å². The number of nitrogens with two attached hydrogens (primary N) is 1. The lowest BCUT2D eigenvalue weighted by atomic mass is 10.2. The average molecular weight is 939 g/mol. The highest BCUT2D eigenvalue weighted by Crippen LogP contribution is 2.10. The van der Waals surface area contributed by atoms with Crippen LogP contribution in [0.2, 0.25) is 0 Å². The van der Waals surface area contributed by atoms with Crippen LogP contribution in [0.3, 0.4) is 0 Å².